The molecular weight excluding hydrogens is 1710 g/mol. The Kier molecular flexibility index (Phi) is 37.1. The van der Waals surface area contributed by atoms with E-state index in [2.05, 4.69) is 122 Å². The smallest absolute Gasteiger partial charge is 0.416 e. The zero-order chi connectivity index (χ0) is 96.2. The van der Waals surface area contributed by atoms with E-state index in [4.69, 9.17) is 9.47 Å². The second kappa shape index (κ2) is 48.6. The van der Waals surface area contributed by atoms with Gasteiger partial charge in [-0.25, -0.2) is 0 Å². The normalized spacial score (nSPS) is 16.4. The maximum atomic E-state index is 13.0. The topological polar surface area (TPSA) is 155 Å². The van der Waals surface area contributed by atoms with Gasteiger partial charge in [-0.05, 0) is 285 Å². The molecule has 10 aromatic carbocycles. The highest BCUT2D eigenvalue weighted by Crippen LogP contribution is 2.41. The number of likely N-dealkylation sites (N-methyl/N-ethyl adjacent to an activating group) is 1. The predicted molar refractivity (Wildman–Crippen MR) is 512 cm³/mol. The third kappa shape index (κ3) is 31.4. The van der Waals surface area contributed by atoms with Crippen LogP contribution in [0.2, 0.25) is 0 Å². The molecule has 2 saturated carbocycles. The van der Waals surface area contributed by atoms with Gasteiger partial charge in [-0.1, -0.05) is 245 Å². The molecule has 4 N–H and O–H groups in total. The van der Waals surface area contributed by atoms with Crippen molar-refractivity contribution in [3.8, 4) is 11.5 Å². The number of methoxy groups -OCH3 is 2. The summed E-state index contributed by atoms with van der Waals surface area (Å²) in [6.45, 7) is 17.0. The van der Waals surface area contributed by atoms with Crippen molar-refractivity contribution in [2.45, 2.75) is 228 Å². The number of ether oxygens (including phenoxy) is 2. The molecule has 0 aliphatic heterocycles. The summed E-state index contributed by atoms with van der Waals surface area (Å²) in [4.78, 5) is 65.2. The van der Waals surface area contributed by atoms with Gasteiger partial charge in [-0.3, -0.25) is 24.0 Å². The Hall–Kier alpha value is -12.3. The number of amides is 5. The van der Waals surface area contributed by atoms with E-state index in [9.17, 15) is 63.5 Å². The average Bonchev–Trinajstić information content (AvgIpc) is 1.75. The fraction of sp³-hybridized carbons (Fsp3) is 0.372. The molecule has 5 aliphatic carbocycles. The highest BCUT2D eigenvalue weighted by Gasteiger charge is 2.38. The molecule has 4 atom stereocenters. The maximum Gasteiger partial charge on any atom is 0.416 e. The molecule has 10 aromatic rings. The van der Waals surface area contributed by atoms with Gasteiger partial charge >= 0.3 is 18.5 Å². The first-order chi connectivity index (χ1) is 64.0. The second-order valence-electron chi connectivity index (χ2n) is 36.5. The lowest BCUT2D eigenvalue weighted by atomic mass is 9.88. The Morgan fingerprint density at radius 3 is 1.01 bits per heavy atom. The number of carbonyl (C=O) groups is 5. The van der Waals surface area contributed by atoms with Crippen LogP contribution in [0, 0.1) is 72.1 Å². The quantitative estimate of drug-likeness (QED) is 0.0374. The standard InChI is InChI=1S/C23H24F3NO.C23H29NO2.C23H27NO2.C22H24F3NO.C22H22F3NO/c1-16-9-11-17(12-10-16)15-27(2)22(28)21-8-4-6-19(21)13-18-5-3-7-20(14-18)23(24,25)26;2*1-16-7-9-18(10-8-16)15-24-23(25)22-6-4-5-20(22)13-19-11-17(2)12-21(14-19)26-3;2*1-15-8-10-16(11-9-15)14-26-21(27)20-7-3-5-18(20)12-17-4-2-6-19(13-17)22(23,24)25/h3,5,7,9-12,14H,4,6,8,13,15H2,1-2H3;7-12,14,20,22H,4-6,13,15H2,1-3H3,(H,24,25);7-12,14H,4-6,13,15H2,1-3H3,(H,24,25);2,4,6,8-11,13,18,20H,3,5,7,12,14H2,1H3,(H,26,27);2,4,6,8-11,13H,3,5,7,12,14H2,1H3,(H,26,27). The van der Waals surface area contributed by atoms with Gasteiger partial charge < -0.3 is 35.6 Å². The molecule has 5 amide bonds. The summed E-state index contributed by atoms with van der Waals surface area (Å²) in [7, 11) is 5.17. The van der Waals surface area contributed by atoms with E-state index < -0.39 is 35.2 Å². The number of nitrogens with one attached hydrogen (secondary N) is 4. The van der Waals surface area contributed by atoms with Crippen molar-refractivity contribution in [1.82, 2.24) is 26.2 Å². The number of rotatable bonds is 27. The highest BCUT2D eigenvalue weighted by molar-refractivity contribution is 5.96. The summed E-state index contributed by atoms with van der Waals surface area (Å²) in [5.74, 6) is 2.41. The molecule has 4 unspecified atom stereocenters. The van der Waals surface area contributed by atoms with Crippen molar-refractivity contribution >= 4 is 29.5 Å². The molecule has 12 nitrogen and oxygen atoms in total. The number of nitrogens with zero attached hydrogens (tertiary/aromatic N) is 1. The lowest BCUT2D eigenvalue weighted by molar-refractivity contribution is -0.138. The minimum Gasteiger partial charge on any atom is -0.497 e. The summed E-state index contributed by atoms with van der Waals surface area (Å²) in [6.07, 6.45) is 3.41. The number of hydrogen-bond acceptors (Lipinski definition) is 7. The van der Waals surface area contributed by atoms with Crippen molar-refractivity contribution in [2.24, 2.45) is 23.7 Å². The number of alkyl halides is 9. The lowest BCUT2D eigenvalue weighted by Crippen LogP contribution is -2.33. The van der Waals surface area contributed by atoms with Crippen LogP contribution in [0.4, 0.5) is 39.5 Å². The molecule has 5 aliphatic rings. The number of hydrogen-bond donors (Lipinski definition) is 4. The Morgan fingerprint density at radius 2 is 0.634 bits per heavy atom. The average molecular weight is 1840 g/mol. The molecule has 21 heteroatoms. The molecule has 708 valence electrons. The Morgan fingerprint density at radius 1 is 0.321 bits per heavy atom. The van der Waals surface area contributed by atoms with E-state index in [0.29, 0.717) is 87.4 Å². The van der Waals surface area contributed by atoms with Gasteiger partial charge in [-0.2, -0.15) is 39.5 Å². The number of benzene rings is 10. The third-order valence-electron chi connectivity index (χ3n) is 25.7. The summed E-state index contributed by atoms with van der Waals surface area (Å²) in [5.41, 5.74) is 21.8. The highest BCUT2D eigenvalue weighted by atomic mass is 19.4. The molecule has 0 radical (unpaired) electrons. The number of allylic oxidation sites excluding steroid dienone is 3. The van der Waals surface area contributed by atoms with Crippen LogP contribution in [0.3, 0.4) is 0 Å². The molecule has 0 spiro atoms. The van der Waals surface area contributed by atoms with Gasteiger partial charge in [0.1, 0.15) is 11.5 Å². The van der Waals surface area contributed by atoms with Gasteiger partial charge in [-0.15, -0.1) is 0 Å². The van der Waals surface area contributed by atoms with Crippen LogP contribution in [0.15, 0.2) is 264 Å². The van der Waals surface area contributed by atoms with Crippen LogP contribution in [0.5, 0.6) is 11.5 Å². The Balaban J connectivity index is 0.000000161. The second-order valence-corrected chi connectivity index (χ2v) is 36.5. The minimum atomic E-state index is -4.35. The fourth-order valence-electron chi connectivity index (χ4n) is 18.4. The van der Waals surface area contributed by atoms with E-state index in [0.717, 1.165) is 187 Å². The third-order valence-corrected chi connectivity index (χ3v) is 25.7. The monoisotopic (exact) mass is 1840 g/mol. The largest absolute Gasteiger partial charge is 0.497 e. The van der Waals surface area contributed by atoms with E-state index in [1.165, 1.54) is 86.5 Å². The van der Waals surface area contributed by atoms with Crippen LogP contribution < -0.4 is 30.7 Å². The zero-order valence-electron chi connectivity index (χ0n) is 78.6. The molecular formula is C113H126F9N5O7. The summed E-state index contributed by atoms with van der Waals surface area (Å²) >= 11 is 0. The molecule has 0 saturated heterocycles. The van der Waals surface area contributed by atoms with E-state index >= 15 is 0 Å². The van der Waals surface area contributed by atoms with Crippen LogP contribution in [0.25, 0.3) is 0 Å². The molecule has 134 heavy (non-hydrogen) atoms. The fourth-order valence-corrected chi connectivity index (χ4v) is 18.4. The van der Waals surface area contributed by atoms with Crippen molar-refractivity contribution in [3.05, 3.63) is 375 Å². The number of carbonyl (C=O) groups excluding carboxylic acids is 5. The Bertz CT molecular complexity index is 5720. The maximum absolute atomic E-state index is 13.0. The molecule has 15 rings (SSSR count). The minimum absolute atomic E-state index is 0.00468. The predicted octanol–water partition coefficient (Wildman–Crippen LogP) is 25.6. The Labute approximate surface area is 784 Å². The van der Waals surface area contributed by atoms with E-state index in [1.807, 2.05) is 106 Å². The molecule has 2 fully saturated rings. The first kappa shape index (κ1) is 102. The van der Waals surface area contributed by atoms with Gasteiger partial charge in [0.05, 0.1) is 30.9 Å². The molecule has 0 bridgehead atoms. The van der Waals surface area contributed by atoms with Gasteiger partial charge in [0.25, 0.3) is 0 Å². The number of aryl methyl sites for hydroxylation is 7. The van der Waals surface area contributed by atoms with Crippen molar-refractivity contribution in [3.63, 3.8) is 0 Å². The van der Waals surface area contributed by atoms with Crippen LogP contribution in [-0.2, 0) is 107 Å². The van der Waals surface area contributed by atoms with E-state index in [1.54, 1.807) is 44.4 Å². The first-order valence-corrected chi connectivity index (χ1v) is 46.5. The number of halogens is 9. The van der Waals surface area contributed by atoms with Crippen molar-refractivity contribution in [1.29, 1.82) is 0 Å². The van der Waals surface area contributed by atoms with Gasteiger partial charge in [0.15, 0.2) is 0 Å². The van der Waals surface area contributed by atoms with Gasteiger partial charge in [0.2, 0.25) is 29.5 Å². The van der Waals surface area contributed by atoms with Crippen LogP contribution in [0.1, 0.15) is 208 Å². The SMILES string of the molecule is COc1cc(C)cc(CC2=C(C(=O)NCc3ccc(C)cc3)CCC2)c1.COc1cc(C)cc(CC2CCCC2C(=O)NCc2ccc(C)cc2)c1.Cc1ccc(CN(C)C(=O)C2=C(Cc3cccc(C(F)(F)F)c3)CCC2)cc1.Cc1ccc(CNC(=O)C2=C(Cc3cccc(C(F)(F)F)c3)CCC2)cc1.Cc1ccc(CNC(=O)C2CCCC2Cc2cccc(C(F)(F)F)c2)cc1. The van der Waals surface area contributed by atoms with Gasteiger partial charge in [0, 0.05) is 68.3 Å². The summed E-state index contributed by atoms with van der Waals surface area (Å²) in [6, 6.07) is 69.4. The zero-order valence-corrected chi connectivity index (χ0v) is 78.6. The summed E-state index contributed by atoms with van der Waals surface area (Å²) in [5, 5.41) is 12.2. The summed E-state index contributed by atoms with van der Waals surface area (Å²) < 4.78 is 127. The van der Waals surface area contributed by atoms with Crippen LogP contribution in [-0.4, -0.2) is 55.7 Å². The van der Waals surface area contributed by atoms with E-state index in [-0.39, 0.29) is 47.3 Å². The van der Waals surface area contributed by atoms with Crippen molar-refractivity contribution in [2.75, 3.05) is 21.3 Å². The molecule has 0 heterocycles. The van der Waals surface area contributed by atoms with Crippen LogP contribution >= 0.6 is 0 Å². The van der Waals surface area contributed by atoms with Crippen molar-refractivity contribution < 1.29 is 73.0 Å². The molecule has 0 aromatic heterocycles. The first-order valence-electron chi connectivity index (χ1n) is 46.5. The lowest BCUT2D eigenvalue weighted by Gasteiger charge is -2.20.